The fraction of sp³-hybridized carbons (Fsp3) is 0.500. The van der Waals surface area contributed by atoms with E-state index in [4.69, 9.17) is 21.8 Å². The third-order valence-corrected chi connectivity index (χ3v) is 3.72. The highest BCUT2D eigenvalue weighted by molar-refractivity contribution is 6.30. The predicted molar refractivity (Wildman–Crippen MR) is 81.6 cm³/mol. The minimum absolute atomic E-state index is 0.210. The molecule has 0 bridgehead atoms. The van der Waals surface area contributed by atoms with Gasteiger partial charge in [-0.15, -0.1) is 0 Å². The summed E-state index contributed by atoms with van der Waals surface area (Å²) in [4.78, 5) is 21.4. The number of carbonyl (C=O) groups is 2. The molecule has 0 aliphatic carbocycles. The second kappa shape index (κ2) is 9.40. The largest absolute Gasteiger partial charge is 0.481 e. The Hall–Kier alpha value is -1.55. The molecule has 116 valence electrons. The Morgan fingerprint density at radius 2 is 1.43 bits per heavy atom. The van der Waals surface area contributed by atoms with E-state index in [1.165, 1.54) is 5.56 Å². The molecule has 0 heterocycles. The number of hydrogen-bond acceptors (Lipinski definition) is 2. The SMILES string of the molecule is O=C(O)C(CCCCCCCc1ccc(Cl)cc1)C(=O)O. The first-order valence-electron chi connectivity index (χ1n) is 7.20. The van der Waals surface area contributed by atoms with E-state index >= 15 is 0 Å². The van der Waals surface area contributed by atoms with Crippen molar-refractivity contribution in [2.75, 3.05) is 0 Å². The lowest BCUT2D eigenvalue weighted by Gasteiger charge is -2.07. The van der Waals surface area contributed by atoms with Gasteiger partial charge in [0.1, 0.15) is 0 Å². The Morgan fingerprint density at radius 3 is 2.00 bits per heavy atom. The lowest BCUT2D eigenvalue weighted by Crippen LogP contribution is -2.23. The maximum Gasteiger partial charge on any atom is 0.317 e. The summed E-state index contributed by atoms with van der Waals surface area (Å²) in [6.45, 7) is 0. The van der Waals surface area contributed by atoms with Gasteiger partial charge in [0.15, 0.2) is 5.92 Å². The highest BCUT2D eigenvalue weighted by atomic mass is 35.5. The first-order chi connectivity index (χ1) is 10.0. The van der Waals surface area contributed by atoms with Gasteiger partial charge in [-0.3, -0.25) is 9.59 Å². The van der Waals surface area contributed by atoms with E-state index in [0.29, 0.717) is 6.42 Å². The minimum Gasteiger partial charge on any atom is -0.481 e. The number of aliphatic carboxylic acids is 2. The summed E-state index contributed by atoms with van der Waals surface area (Å²) in [5, 5.41) is 18.2. The lowest BCUT2D eigenvalue weighted by molar-refractivity contribution is -0.154. The van der Waals surface area contributed by atoms with Crippen molar-refractivity contribution in [1.29, 1.82) is 0 Å². The van der Waals surface area contributed by atoms with E-state index in [9.17, 15) is 9.59 Å². The summed E-state index contributed by atoms with van der Waals surface area (Å²) >= 11 is 5.82. The summed E-state index contributed by atoms with van der Waals surface area (Å²) in [6.07, 6.45) is 5.86. The van der Waals surface area contributed by atoms with Crippen molar-refractivity contribution in [2.24, 2.45) is 5.92 Å². The first-order valence-corrected chi connectivity index (χ1v) is 7.58. The topological polar surface area (TPSA) is 74.6 Å². The molecule has 0 saturated carbocycles. The minimum atomic E-state index is -1.26. The third kappa shape index (κ3) is 7.14. The Morgan fingerprint density at radius 1 is 0.905 bits per heavy atom. The van der Waals surface area contributed by atoms with Crippen LogP contribution in [0.1, 0.15) is 44.1 Å². The molecular formula is C16H21ClO4. The highest BCUT2D eigenvalue weighted by Crippen LogP contribution is 2.15. The van der Waals surface area contributed by atoms with E-state index in [0.717, 1.165) is 37.1 Å². The van der Waals surface area contributed by atoms with Crippen LogP contribution < -0.4 is 0 Å². The molecule has 0 aliphatic heterocycles. The summed E-state index contributed by atoms with van der Waals surface area (Å²) < 4.78 is 0. The quantitative estimate of drug-likeness (QED) is 0.505. The second-order valence-corrected chi connectivity index (χ2v) is 5.60. The van der Waals surface area contributed by atoms with Crippen molar-refractivity contribution >= 4 is 23.5 Å². The molecule has 0 aromatic heterocycles. The van der Waals surface area contributed by atoms with Crippen molar-refractivity contribution in [2.45, 2.75) is 44.9 Å². The molecule has 1 aromatic rings. The van der Waals surface area contributed by atoms with E-state index < -0.39 is 17.9 Å². The third-order valence-electron chi connectivity index (χ3n) is 3.47. The Bertz CT molecular complexity index is 442. The summed E-state index contributed by atoms with van der Waals surface area (Å²) in [5.74, 6) is -3.76. The van der Waals surface area contributed by atoms with Crippen LogP contribution in [0.3, 0.4) is 0 Å². The van der Waals surface area contributed by atoms with Crippen LogP contribution in [0, 0.1) is 5.92 Å². The molecule has 5 heteroatoms. The van der Waals surface area contributed by atoms with E-state index in [1.807, 2.05) is 24.3 Å². The molecule has 0 saturated heterocycles. The second-order valence-electron chi connectivity index (χ2n) is 5.16. The van der Waals surface area contributed by atoms with Crippen LogP contribution >= 0.6 is 11.6 Å². The van der Waals surface area contributed by atoms with Crippen molar-refractivity contribution in [3.63, 3.8) is 0 Å². The zero-order valence-electron chi connectivity index (χ0n) is 11.9. The van der Waals surface area contributed by atoms with E-state index in [2.05, 4.69) is 0 Å². The van der Waals surface area contributed by atoms with E-state index in [1.54, 1.807) is 0 Å². The number of carboxylic acids is 2. The number of halogens is 1. The summed E-state index contributed by atoms with van der Waals surface area (Å²) in [6, 6.07) is 7.81. The summed E-state index contributed by atoms with van der Waals surface area (Å²) in [5.41, 5.74) is 1.26. The van der Waals surface area contributed by atoms with Crippen LogP contribution in [0.2, 0.25) is 5.02 Å². The van der Waals surface area contributed by atoms with Gasteiger partial charge >= 0.3 is 11.9 Å². The smallest absolute Gasteiger partial charge is 0.317 e. The maximum absolute atomic E-state index is 10.7. The number of hydrogen-bond donors (Lipinski definition) is 2. The zero-order chi connectivity index (χ0) is 15.7. The van der Waals surface area contributed by atoms with Gasteiger partial charge in [0.25, 0.3) is 0 Å². The van der Waals surface area contributed by atoms with Crippen LogP contribution in [-0.2, 0) is 16.0 Å². The number of rotatable bonds is 10. The van der Waals surface area contributed by atoms with Gasteiger partial charge in [0.2, 0.25) is 0 Å². The lowest BCUT2D eigenvalue weighted by atomic mass is 10.00. The number of benzene rings is 1. The van der Waals surface area contributed by atoms with Gasteiger partial charge in [0.05, 0.1) is 0 Å². The molecule has 0 spiro atoms. The number of carboxylic acid groups (broad SMARTS) is 2. The molecule has 0 fully saturated rings. The van der Waals surface area contributed by atoms with Crippen molar-refractivity contribution < 1.29 is 19.8 Å². The van der Waals surface area contributed by atoms with Crippen LogP contribution in [0.4, 0.5) is 0 Å². The molecule has 0 atom stereocenters. The van der Waals surface area contributed by atoms with Crippen molar-refractivity contribution in [1.82, 2.24) is 0 Å². The van der Waals surface area contributed by atoms with Crippen LogP contribution in [0.15, 0.2) is 24.3 Å². The molecule has 2 N–H and O–H groups in total. The molecule has 4 nitrogen and oxygen atoms in total. The molecule has 0 radical (unpaired) electrons. The maximum atomic E-state index is 10.7. The highest BCUT2D eigenvalue weighted by Gasteiger charge is 2.24. The normalized spacial score (nSPS) is 10.8. The molecule has 1 rings (SSSR count). The molecule has 21 heavy (non-hydrogen) atoms. The Balaban J connectivity index is 2.08. The van der Waals surface area contributed by atoms with Gasteiger partial charge in [-0.25, -0.2) is 0 Å². The molecule has 0 unspecified atom stereocenters. The zero-order valence-corrected chi connectivity index (χ0v) is 12.7. The average molecular weight is 313 g/mol. The standard InChI is InChI=1S/C16H21ClO4/c17-13-10-8-12(9-11-13)6-4-2-1-3-5-7-14(15(18)19)16(20)21/h8-11,14H,1-7H2,(H,18,19)(H,20,21). The monoisotopic (exact) mass is 312 g/mol. The predicted octanol–water partition coefficient (Wildman–Crippen LogP) is 4.01. The number of aryl methyl sites for hydroxylation is 1. The van der Waals surface area contributed by atoms with Crippen molar-refractivity contribution in [3.8, 4) is 0 Å². The fourth-order valence-corrected chi connectivity index (χ4v) is 2.34. The van der Waals surface area contributed by atoms with E-state index in [-0.39, 0.29) is 6.42 Å². The Labute approximate surface area is 129 Å². The Kier molecular flexibility index (Phi) is 7.83. The number of unbranched alkanes of at least 4 members (excludes halogenated alkanes) is 4. The fourth-order valence-electron chi connectivity index (χ4n) is 2.21. The molecule has 1 aromatic carbocycles. The van der Waals surface area contributed by atoms with Crippen LogP contribution in [0.25, 0.3) is 0 Å². The average Bonchev–Trinajstić information content (AvgIpc) is 2.43. The first kappa shape index (κ1) is 17.5. The molecule has 0 aliphatic rings. The van der Waals surface area contributed by atoms with Gasteiger partial charge in [0, 0.05) is 5.02 Å². The van der Waals surface area contributed by atoms with Crippen LogP contribution in [-0.4, -0.2) is 22.2 Å². The van der Waals surface area contributed by atoms with Gasteiger partial charge in [-0.05, 0) is 37.0 Å². The van der Waals surface area contributed by atoms with Gasteiger partial charge in [-0.2, -0.15) is 0 Å². The van der Waals surface area contributed by atoms with Gasteiger partial charge in [-0.1, -0.05) is 49.4 Å². The summed E-state index contributed by atoms with van der Waals surface area (Å²) in [7, 11) is 0. The molecule has 0 amide bonds. The molecular weight excluding hydrogens is 292 g/mol. The van der Waals surface area contributed by atoms with Gasteiger partial charge < -0.3 is 10.2 Å². The van der Waals surface area contributed by atoms with Crippen molar-refractivity contribution in [3.05, 3.63) is 34.9 Å². The van der Waals surface area contributed by atoms with Crippen LogP contribution in [0.5, 0.6) is 0 Å².